The van der Waals surface area contributed by atoms with Crippen molar-refractivity contribution < 1.29 is 4.79 Å². The lowest BCUT2D eigenvalue weighted by atomic mass is 10.2. The van der Waals surface area contributed by atoms with Crippen LogP contribution in [0.1, 0.15) is 16.9 Å². The van der Waals surface area contributed by atoms with E-state index in [0.717, 1.165) is 17.9 Å². The van der Waals surface area contributed by atoms with Gasteiger partial charge >= 0.3 is 0 Å². The van der Waals surface area contributed by atoms with Crippen molar-refractivity contribution in [2.75, 3.05) is 17.2 Å². The minimum atomic E-state index is -0.109. The number of thioether (sulfide) groups is 1. The van der Waals surface area contributed by atoms with Crippen LogP contribution < -0.4 is 11.1 Å². The molecule has 1 atom stereocenters. The maximum Gasteiger partial charge on any atom is 0.270 e. The average Bonchev–Trinajstić information content (AvgIpc) is 2.71. The Balaban J connectivity index is 1.98. The van der Waals surface area contributed by atoms with Crippen molar-refractivity contribution in [3.05, 3.63) is 24.0 Å². The van der Waals surface area contributed by atoms with Crippen molar-refractivity contribution in [1.29, 1.82) is 0 Å². The Morgan fingerprint density at radius 3 is 3.07 bits per heavy atom. The molecule has 4 nitrogen and oxygen atoms in total. The third-order valence-electron chi connectivity index (χ3n) is 2.28. The maximum absolute atomic E-state index is 11.7. The number of rotatable bonds is 2. The van der Waals surface area contributed by atoms with E-state index in [1.807, 2.05) is 11.8 Å². The first kappa shape index (κ1) is 10.3. The first-order valence-corrected chi connectivity index (χ1v) is 6.01. The van der Waals surface area contributed by atoms with E-state index in [9.17, 15) is 4.79 Å². The van der Waals surface area contributed by atoms with Gasteiger partial charge in [0.1, 0.15) is 5.69 Å². The van der Waals surface area contributed by atoms with Crippen LogP contribution in [0.15, 0.2) is 18.3 Å². The Morgan fingerprint density at radius 1 is 1.60 bits per heavy atom. The number of nitrogens with two attached hydrogens (primary N) is 1. The molecule has 1 fully saturated rings. The van der Waals surface area contributed by atoms with Crippen LogP contribution in [0.4, 0.5) is 5.69 Å². The Labute approximate surface area is 92.6 Å². The van der Waals surface area contributed by atoms with E-state index < -0.39 is 0 Å². The fourth-order valence-electron chi connectivity index (χ4n) is 1.45. The number of nitrogen functional groups attached to an aromatic ring is 1. The summed E-state index contributed by atoms with van der Waals surface area (Å²) in [6.07, 6.45) is 2.55. The van der Waals surface area contributed by atoms with Gasteiger partial charge in [-0.3, -0.25) is 4.79 Å². The number of aromatic nitrogens is 1. The molecule has 1 amide bonds. The molecule has 1 aliphatic rings. The number of nitrogens with one attached hydrogen (secondary N) is 1. The molecule has 1 aliphatic heterocycles. The van der Waals surface area contributed by atoms with Crippen molar-refractivity contribution in [3.8, 4) is 0 Å². The van der Waals surface area contributed by atoms with Crippen molar-refractivity contribution in [1.82, 2.24) is 10.3 Å². The lowest BCUT2D eigenvalue weighted by molar-refractivity contribution is 0.0936. The van der Waals surface area contributed by atoms with Gasteiger partial charge in [0.05, 0.1) is 11.9 Å². The van der Waals surface area contributed by atoms with Crippen LogP contribution >= 0.6 is 11.8 Å². The third-order valence-corrected chi connectivity index (χ3v) is 3.45. The van der Waals surface area contributed by atoms with Crippen LogP contribution in [0.3, 0.4) is 0 Å². The average molecular weight is 223 g/mol. The topological polar surface area (TPSA) is 68.0 Å². The van der Waals surface area contributed by atoms with Crippen LogP contribution in [0.25, 0.3) is 0 Å². The quantitative estimate of drug-likeness (QED) is 0.781. The monoisotopic (exact) mass is 223 g/mol. The predicted molar refractivity (Wildman–Crippen MR) is 61.8 cm³/mol. The molecule has 0 spiro atoms. The lowest BCUT2D eigenvalue weighted by Crippen LogP contribution is -2.35. The van der Waals surface area contributed by atoms with Crippen molar-refractivity contribution in [2.24, 2.45) is 0 Å². The van der Waals surface area contributed by atoms with Gasteiger partial charge in [0.25, 0.3) is 5.91 Å². The zero-order valence-electron chi connectivity index (χ0n) is 8.27. The second-order valence-corrected chi connectivity index (χ2v) is 4.66. The highest BCUT2D eigenvalue weighted by Gasteiger charge is 2.18. The summed E-state index contributed by atoms with van der Waals surface area (Å²) in [5.74, 6) is 2.02. The molecule has 0 aromatic carbocycles. The molecule has 0 aliphatic carbocycles. The molecule has 0 radical (unpaired) electrons. The molecule has 15 heavy (non-hydrogen) atoms. The molecular weight excluding hydrogens is 210 g/mol. The number of hydrogen-bond donors (Lipinski definition) is 2. The standard InChI is InChI=1S/C10H13N3OS/c11-7-1-2-9(12-5-7)10(14)13-8-3-4-15-6-8/h1-2,5,8H,3-4,6,11H2,(H,13,14). The van der Waals surface area contributed by atoms with Gasteiger partial charge in [0.15, 0.2) is 0 Å². The van der Waals surface area contributed by atoms with Gasteiger partial charge in [-0.1, -0.05) is 0 Å². The van der Waals surface area contributed by atoms with Crippen LogP contribution in [-0.2, 0) is 0 Å². The van der Waals surface area contributed by atoms with Crippen LogP contribution in [0.2, 0.25) is 0 Å². The zero-order valence-corrected chi connectivity index (χ0v) is 9.09. The molecule has 1 saturated heterocycles. The van der Waals surface area contributed by atoms with Crippen molar-refractivity contribution in [3.63, 3.8) is 0 Å². The molecule has 0 saturated carbocycles. The highest BCUT2D eigenvalue weighted by Crippen LogP contribution is 2.17. The summed E-state index contributed by atoms with van der Waals surface area (Å²) in [5.41, 5.74) is 6.50. The van der Waals surface area contributed by atoms with E-state index in [2.05, 4.69) is 10.3 Å². The Kier molecular flexibility index (Phi) is 3.11. The van der Waals surface area contributed by atoms with Gasteiger partial charge in [-0.2, -0.15) is 11.8 Å². The predicted octanol–water partition coefficient (Wildman–Crippen LogP) is 0.899. The van der Waals surface area contributed by atoms with E-state index in [1.54, 1.807) is 12.1 Å². The Bertz CT molecular complexity index is 346. The maximum atomic E-state index is 11.7. The summed E-state index contributed by atoms with van der Waals surface area (Å²) >= 11 is 1.87. The molecule has 5 heteroatoms. The highest BCUT2D eigenvalue weighted by atomic mass is 32.2. The number of amides is 1. The molecule has 80 valence electrons. The fraction of sp³-hybridized carbons (Fsp3) is 0.400. The number of carbonyl (C=O) groups is 1. The molecular formula is C10H13N3OS. The second kappa shape index (κ2) is 4.53. The van der Waals surface area contributed by atoms with Gasteiger partial charge in [0, 0.05) is 11.8 Å². The Hall–Kier alpha value is -1.23. The number of carbonyl (C=O) groups excluding carboxylic acids is 1. The van der Waals surface area contributed by atoms with Crippen LogP contribution in [-0.4, -0.2) is 28.4 Å². The smallest absolute Gasteiger partial charge is 0.270 e. The summed E-state index contributed by atoms with van der Waals surface area (Å²) in [5, 5.41) is 2.95. The zero-order chi connectivity index (χ0) is 10.7. The number of anilines is 1. The summed E-state index contributed by atoms with van der Waals surface area (Å²) in [7, 11) is 0. The summed E-state index contributed by atoms with van der Waals surface area (Å²) < 4.78 is 0. The SMILES string of the molecule is Nc1ccc(C(=O)NC2CCSC2)nc1. The van der Waals surface area contributed by atoms with E-state index >= 15 is 0 Å². The second-order valence-electron chi connectivity index (χ2n) is 3.51. The fourth-order valence-corrected chi connectivity index (χ4v) is 2.60. The number of hydrogen-bond acceptors (Lipinski definition) is 4. The molecule has 3 N–H and O–H groups in total. The molecule has 1 unspecified atom stereocenters. The summed E-state index contributed by atoms with van der Waals surface area (Å²) in [6, 6.07) is 3.62. The van der Waals surface area contributed by atoms with Gasteiger partial charge < -0.3 is 11.1 Å². The van der Waals surface area contributed by atoms with Gasteiger partial charge in [-0.05, 0) is 24.3 Å². The van der Waals surface area contributed by atoms with Gasteiger partial charge in [0.2, 0.25) is 0 Å². The summed E-state index contributed by atoms with van der Waals surface area (Å²) in [6.45, 7) is 0. The lowest BCUT2D eigenvalue weighted by Gasteiger charge is -2.10. The normalized spacial score (nSPS) is 20.1. The minimum Gasteiger partial charge on any atom is -0.397 e. The first-order valence-electron chi connectivity index (χ1n) is 4.86. The largest absolute Gasteiger partial charge is 0.397 e. The highest BCUT2D eigenvalue weighted by molar-refractivity contribution is 7.99. The first-order chi connectivity index (χ1) is 7.25. The number of pyridine rings is 1. The molecule has 0 bridgehead atoms. The molecule has 1 aromatic heterocycles. The van der Waals surface area contributed by atoms with E-state index in [4.69, 9.17) is 5.73 Å². The van der Waals surface area contributed by atoms with Crippen molar-refractivity contribution >= 4 is 23.4 Å². The molecule has 1 aromatic rings. The Morgan fingerprint density at radius 2 is 2.47 bits per heavy atom. The molecule has 2 rings (SSSR count). The third kappa shape index (κ3) is 2.62. The van der Waals surface area contributed by atoms with E-state index in [-0.39, 0.29) is 5.91 Å². The molecule has 2 heterocycles. The van der Waals surface area contributed by atoms with E-state index in [1.165, 1.54) is 6.20 Å². The number of nitrogens with zero attached hydrogens (tertiary/aromatic N) is 1. The van der Waals surface area contributed by atoms with Gasteiger partial charge in [-0.25, -0.2) is 4.98 Å². The van der Waals surface area contributed by atoms with Crippen LogP contribution in [0.5, 0.6) is 0 Å². The van der Waals surface area contributed by atoms with E-state index in [0.29, 0.717) is 17.4 Å². The van der Waals surface area contributed by atoms with Crippen LogP contribution in [0, 0.1) is 0 Å². The summed E-state index contributed by atoms with van der Waals surface area (Å²) in [4.78, 5) is 15.7. The van der Waals surface area contributed by atoms with Gasteiger partial charge in [-0.15, -0.1) is 0 Å². The van der Waals surface area contributed by atoms with Crippen molar-refractivity contribution in [2.45, 2.75) is 12.5 Å². The minimum absolute atomic E-state index is 0.109.